The van der Waals surface area contributed by atoms with Gasteiger partial charge in [0.25, 0.3) is 11.8 Å². The first-order valence-electron chi connectivity index (χ1n) is 7.55. The molecule has 0 aliphatic heterocycles. The van der Waals surface area contributed by atoms with Crippen LogP contribution in [-0.2, 0) is 0 Å². The second-order valence-electron chi connectivity index (χ2n) is 6.61. The minimum absolute atomic E-state index is 0.163. The SMILES string of the molecule is Cc1ccc(C(=O)Nc2cccc(C(=O)NC(C)(C)C)c2)cc1. The molecule has 0 unspecified atom stereocenters. The Morgan fingerprint density at radius 3 is 2.13 bits per heavy atom. The van der Waals surface area contributed by atoms with Gasteiger partial charge in [0.15, 0.2) is 0 Å². The van der Waals surface area contributed by atoms with Gasteiger partial charge in [-0.3, -0.25) is 9.59 Å². The number of benzene rings is 2. The number of anilines is 1. The van der Waals surface area contributed by atoms with E-state index in [-0.39, 0.29) is 17.4 Å². The van der Waals surface area contributed by atoms with Crippen molar-refractivity contribution in [2.24, 2.45) is 0 Å². The molecule has 0 fully saturated rings. The third-order valence-corrected chi connectivity index (χ3v) is 3.18. The Bertz CT molecular complexity index is 713. The van der Waals surface area contributed by atoms with E-state index in [4.69, 9.17) is 0 Å². The number of hydrogen-bond donors (Lipinski definition) is 2. The van der Waals surface area contributed by atoms with Gasteiger partial charge in [0.05, 0.1) is 0 Å². The van der Waals surface area contributed by atoms with E-state index in [9.17, 15) is 9.59 Å². The molecule has 0 aliphatic rings. The molecule has 0 saturated carbocycles. The zero-order valence-corrected chi connectivity index (χ0v) is 13.9. The molecule has 0 heterocycles. The van der Waals surface area contributed by atoms with Crippen molar-refractivity contribution < 1.29 is 9.59 Å². The minimum atomic E-state index is -0.307. The van der Waals surface area contributed by atoms with E-state index >= 15 is 0 Å². The summed E-state index contributed by atoms with van der Waals surface area (Å²) in [5.74, 6) is -0.359. The summed E-state index contributed by atoms with van der Waals surface area (Å²) >= 11 is 0. The fraction of sp³-hybridized carbons (Fsp3) is 0.263. The van der Waals surface area contributed by atoms with Crippen LogP contribution in [0.1, 0.15) is 47.1 Å². The fourth-order valence-corrected chi connectivity index (χ4v) is 2.06. The molecule has 23 heavy (non-hydrogen) atoms. The molecule has 0 radical (unpaired) electrons. The van der Waals surface area contributed by atoms with Gasteiger partial charge >= 0.3 is 0 Å². The van der Waals surface area contributed by atoms with E-state index in [1.807, 2.05) is 39.8 Å². The van der Waals surface area contributed by atoms with Gasteiger partial charge in [-0.2, -0.15) is 0 Å². The first kappa shape index (κ1) is 16.7. The van der Waals surface area contributed by atoms with Crippen molar-refractivity contribution in [1.82, 2.24) is 5.32 Å². The van der Waals surface area contributed by atoms with Crippen molar-refractivity contribution in [2.45, 2.75) is 33.2 Å². The highest BCUT2D eigenvalue weighted by Gasteiger charge is 2.15. The highest BCUT2D eigenvalue weighted by Crippen LogP contribution is 2.14. The molecule has 2 aromatic carbocycles. The standard InChI is InChI=1S/C19H22N2O2/c1-13-8-10-14(11-9-13)17(22)20-16-7-5-6-15(12-16)18(23)21-19(2,3)4/h5-12H,1-4H3,(H,20,22)(H,21,23). The van der Waals surface area contributed by atoms with Crippen LogP contribution in [0, 0.1) is 6.92 Å². The predicted molar refractivity (Wildman–Crippen MR) is 92.8 cm³/mol. The number of nitrogens with one attached hydrogen (secondary N) is 2. The molecule has 0 bridgehead atoms. The predicted octanol–water partition coefficient (Wildman–Crippen LogP) is 3.78. The van der Waals surface area contributed by atoms with Crippen molar-refractivity contribution in [2.75, 3.05) is 5.32 Å². The molecule has 2 aromatic rings. The lowest BCUT2D eigenvalue weighted by Crippen LogP contribution is -2.40. The van der Waals surface area contributed by atoms with Crippen LogP contribution in [0.2, 0.25) is 0 Å². The maximum atomic E-state index is 12.2. The Balaban J connectivity index is 2.12. The molecule has 0 saturated heterocycles. The fourth-order valence-electron chi connectivity index (χ4n) is 2.06. The quantitative estimate of drug-likeness (QED) is 0.906. The molecule has 0 aliphatic carbocycles. The summed E-state index contributed by atoms with van der Waals surface area (Å²) in [6.07, 6.45) is 0. The Hall–Kier alpha value is -2.62. The molecule has 0 atom stereocenters. The Morgan fingerprint density at radius 1 is 0.870 bits per heavy atom. The summed E-state index contributed by atoms with van der Waals surface area (Å²) in [6.45, 7) is 7.74. The van der Waals surface area contributed by atoms with E-state index in [1.54, 1.807) is 36.4 Å². The molecule has 2 rings (SSSR count). The number of carbonyl (C=O) groups excluding carboxylic acids is 2. The van der Waals surface area contributed by atoms with Gasteiger partial charge in [-0.15, -0.1) is 0 Å². The van der Waals surface area contributed by atoms with Crippen LogP contribution >= 0.6 is 0 Å². The van der Waals surface area contributed by atoms with Crippen LogP contribution in [0.5, 0.6) is 0 Å². The van der Waals surface area contributed by atoms with Crippen LogP contribution in [0.25, 0.3) is 0 Å². The van der Waals surface area contributed by atoms with E-state index in [0.717, 1.165) is 5.56 Å². The Morgan fingerprint density at radius 2 is 1.52 bits per heavy atom. The summed E-state index contributed by atoms with van der Waals surface area (Å²) in [6, 6.07) is 14.3. The Kier molecular flexibility index (Phi) is 4.84. The van der Waals surface area contributed by atoms with Gasteiger partial charge in [0.1, 0.15) is 0 Å². The molecule has 4 nitrogen and oxygen atoms in total. The Labute approximate surface area is 136 Å². The molecule has 0 spiro atoms. The number of aryl methyl sites for hydroxylation is 1. The van der Waals surface area contributed by atoms with Gasteiger partial charge in [-0.05, 0) is 58.0 Å². The van der Waals surface area contributed by atoms with Gasteiger partial charge < -0.3 is 10.6 Å². The number of rotatable bonds is 3. The zero-order valence-electron chi connectivity index (χ0n) is 13.9. The lowest BCUT2D eigenvalue weighted by molar-refractivity contribution is 0.0918. The van der Waals surface area contributed by atoms with Gasteiger partial charge in [-0.25, -0.2) is 0 Å². The largest absolute Gasteiger partial charge is 0.347 e. The maximum Gasteiger partial charge on any atom is 0.255 e. The van der Waals surface area contributed by atoms with E-state index < -0.39 is 0 Å². The van der Waals surface area contributed by atoms with E-state index in [1.165, 1.54) is 0 Å². The highest BCUT2D eigenvalue weighted by atomic mass is 16.2. The van der Waals surface area contributed by atoms with Gasteiger partial charge in [0.2, 0.25) is 0 Å². The van der Waals surface area contributed by atoms with Crippen molar-refractivity contribution in [1.29, 1.82) is 0 Å². The van der Waals surface area contributed by atoms with Crippen molar-refractivity contribution in [3.63, 3.8) is 0 Å². The summed E-state index contributed by atoms with van der Waals surface area (Å²) in [5, 5.41) is 5.72. The van der Waals surface area contributed by atoms with Crippen molar-refractivity contribution >= 4 is 17.5 Å². The molecule has 2 amide bonds. The summed E-state index contributed by atoms with van der Waals surface area (Å²) in [4.78, 5) is 24.4. The molecule has 120 valence electrons. The second kappa shape index (κ2) is 6.65. The first-order chi connectivity index (χ1) is 10.7. The van der Waals surface area contributed by atoms with Crippen LogP contribution in [0.15, 0.2) is 48.5 Å². The second-order valence-corrected chi connectivity index (χ2v) is 6.61. The average Bonchev–Trinajstić information content (AvgIpc) is 2.46. The van der Waals surface area contributed by atoms with E-state index in [0.29, 0.717) is 16.8 Å². The number of carbonyl (C=O) groups is 2. The lowest BCUT2D eigenvalue weighted by atomic mass is 10.1. The normalized spacial score (nSPS) is 11.0. The van der Waals surface area contributed by atoms with Crippen LogP contribution in [0.4, 0.5) is 5.69 Å². The van der Waals surface area contributed by atoms with Gasteiger partial charge in [0, 0.05) is 22.4 Å². The molecule has 2 N–H and O–H groups in total. The molecular formula is C19H22N2O2. The average molecular weight is 310 g/mol. The third kappa shape index (κ3) is 4.95. The monoisotopic (exact) mass is 310 g/mol. The number of amides is 2. The summed E-state index contributed by atoms with van der Waals surface area (Å²) < 4.78 is 0. The smallest absolute Gasteiger partial charge is 0.255 e. The van der Waals surface area contributed by atoms with E-state index in [2.05, 4.69) is 10.6 Å². The number of hydrogen-bond acceptors (Lipinski definition) is 2. The van der Waals surface area contributed by atoms with Crippen LogP contribution in [-0.4, -0.2) is 17.4 Å². The summed E-state index contributed by atoms with van der Waals surface area (Å²) in [7, 11) is 0. The highest BCUT2D eigenvalue weighted by molar-refractivity contribution is 6.05. The molecule has 4 heteroatoms. The minimum Gasteiger partial charge on any atom is -0.347 e. The molecule has 0 aromatic heterocycles. The third-order valence-electron chi connectivity index (χ3n) is 3.18. The zero-order chi connectivity index (χ0) is 17.0. The van der Waals surface area contributed by atoms with Crippen molar-refractivity contribution in [3.8, 4) is 0 Å². The maximum absolute atomic E-state index is 12.2. The molecular weight excluding hydrogens is 288 g/mol. The van der Waals surface area contributed by atoms with Crippen molar-refractivity contribution in [3.05, 3.63) is 65.2 Å². The van der Waals surface area contributed by atoms with Crippen LogP contribution in [0.3, 0.4) is 0 Å². The first-order valence-corrected chi connectivity index (χ1v) is 7.55. The summed E-state index contributed by atoms with van der Waals surface area (Å²) in [5.41, 5.74) is 2.49. The van der Waals surface area contributed by atoms with Crippen LogP contribution < -0.4 is 10.6 Å². The van der Waals surface area contributed by atoms with Gasteiger partial charge in [-0.1, -0.05) is 23.8 Å². The lowest BCUT2D eigenvalue weighted by Gasteiger charge is -2.20. The topological polar surface area (TPSA) is 58.2 Å².